The molecule has 2 heteroatoms. The minimum Gasteiger partial charge on any atom is -0.310 e. The molecule has 7 aromatic carbocycles. The summed E-state index contributed by atoms with van der Waals surface area (Å²) >= 11 is 0. The van der Waals surface area contributed by atoms with Crippen LogP contribution in [0.4, 0.5) is 17.1 Å². The van der Waals surface area contributed by atoms with E-state index in [0.29, 0.717) is 0 Å². The molecule has 1 aromatic heterocycles. The lowest BCUT2D eigenvalue weighted by Crippen LogP contribution is -2.30. The predicted octanol–water partition coefficient (Wildman–Crippen LogP) is 12.7. The average Bonchev–Trinajstić information content (AvgIpc) is 3.51. The van der Waals surface area contributed by atoms with E-state index in [2.05, 4.69) is 149 Å². The Bertz CT molecular complexity index is 2520. The Morgan fingerprint density at radius 1 is 0.479 bits per heavy atom. The van der Waals surface area contributed by atoms with Gasteiger partial charge in [-0.15, -0.1) is 0 Å². The molecule has 0 radical (unpaired) electrons. The van der Waals surface area contributed by atoms with Gasteiger partial charge in [0.1, 0.15) is 0 Å². The summed E-state index contributed by atoms with van der Waals surface area (Å²) in [7, 11) is 0. The maximum atomic E-state index is 8.45. The number of rotatable bonds is 6. The third-order valence-corrected chi connectivity index (χ3v) is 10.5. The SMILES string of the molecule is [2H]c1cc(C2(c3ccc(N(c4ccc5ccccc5c4)c4ccc5c(c4)c4ccccc4n5-c4ccccc4)cc3)CCCCC2)cc([2H])c1[2H]. The lowest BCUT2D eigenvalue weighted by molar-refractivity contribution is 0.346. The van der Waals surface area contributed by atoms with Gasteiger partial charge >= 0.3 is 0 Å². The maximum absolute atomic E-state index is 8.45. The van der Waals surface area contributed by atoms with Crippen molar-refractivity contribution in [3.05, 3.63) is 181 Å². The van der Waals surface area contributed by atoms with E-state index >= 15 is 0 Å². The van der Waals surface area contributed by atoms with Gasteiger partial charge in [0, 0.05) is 38.9 Å². The minimum absolute atomic E-state index is 0.00468. The minimum atomic E-state index is -0.276. The molecule has 0 bridgehead atoms. The van der Waals surface area contributed by atoms with Crippen LogP contribution in [0.1, 0.15) is 47.3 Å². The van der Waals surface area contributed by atoms with Crippen LogP contribution in [-0.2, 0) is 5.41 Å². The topological polar surface area (TPSA) is 8.17 Å². The number of hydrogen-bond donors (Lipinski definition) is 0. The molecular weight excluding hydrogens is 581 g/mol. The van der Waals surface area contributed by atoms with Crippen LogP contribution in [0.25, 0.3) is 38.3 Å². The zero-order chi connectivity index (χ0) is 34.5. The summed E-state index contributed by atoms with van der Waals surface area (Å²) in [5.74, 6) is 0. The first kappa shape index (κ1) is 25.5. The molecule has 0 unspecified atom stereocenters. The number of para-hydroxylation sites is 2. The fourth-order valence-electron chi connectivity index (χ4n) is 8.13. The molecule has 0 spiro atoms. The Morgan fingerprint density at radius 3 is 1.92 bits per heavy atom. The van der Waals surface area contributed by atoms with E-state index in [-0.39, 0.29) is 23.5 Å². The molecule has 1 saturated carbocycles. The Balaban J connectivity index is 1.21. The zero-order valence-corrected chi connectivity index (χ0v) is 26.9. The number of nitrogens with zero attached hydrogens (tertiary/aromatic N) is 2. The molecule has 0 amide bonds. The van der Waals surface area contributed by atoms with Crippen LogP contribution in [-0.4, -0.2) is 4.57 Å². The number of anilines is 3. The molecular formula is C46H38N2. The van der Waals surface area contributed by atoms with Crippen molar-refractivity contribution in [3.8, 4) is 5.69 Å². The highest BCUT2D eigenvalue weighted by Crippen LogP contribution is 2.46. The summed E-state index contributed by atoms with van der Waals surface area (Å²) < 4.78 is 27.4. The Labute approximate surface area is 286 Å². The summed E-state index contributed by atoms with van der Waals surface area (Å²) in [4.78, 5) is 2.36. The van der Waals surface area contributed by atoms with E-state index in [1.54, 1.807) is 0 Å². The van der Waals surface area contributed by atoms with Crippen LogP contribution in [0.3, 0.4) is 0 Å². The predicted molar refractivity (Wildman–Crippen MR) is 203 cm³/mol. The lowest BCUT2D eigenvalue weighted by Gasteiger charge is -2.39. The Morgan fingerprint density at radius 2 is 1.10 bits per heavy atom. The van der Waals surface area contributed by atoms with Crippen molar-refractivity contribution in [2.24, 2.45) is 0 Å². The first-order chi connectivity index (χ1) is 25.0. The van der Waals surface area contributed by atoms with Gasteiger partial charge in [-0.25, -0.2) is 0 Å². The maximum Gasteiger partial charge on any atom is 0.0623 e. The zero-order valence-electron chi connectivity index (χ0n) is 29.9. The van der Waals surface area contributed by atoms with Crippen molar-refractivity contribution < 1.29 is 4.11 Å². The van der Waals surface area contributed by atoms with Gasteiger partial charge in [-0.2, -0.15) is 0 Å². The molecule has 0 aliphatic heterocycles. The number of benzene rings is 7. The van der Waals surface area contributed by atoms with Gasteiger partial charge in [0.2, 0.25) is 0 Å². The fourth-order valence-corrected chi connectivity index (χ4v) is 8.13. The summed E-state index contributed by atoms with van der Waals surface area (Å²) in [6, 6.07) is 54.2. The van der Waals surface area contributed by atoms with Crippen molar-refractivity contribution in [3.63, 3.8) is 0 Å². The first-order valence-electron chi connectivity index (χ1n) is 18.6. The molecule has 232 valence electrons. The Kier molecular flexibility index (Phi) is 6.31. The standard InChI is InChI=1S/C46H38N2/c1-4-16-36(17-5-1)46(30-12-3-13-31-46)37-23-26-39(27-24-37)47(40-25-22-34-14-8-9-15-35(34)32-40)41-28-29-45-43(33-41)42-20-10-11-21-44(42)48(45)38-18-6-2-7-19-38/h1-2,4-11,14-29,32-33H,3,12-13,30-31H2/i1D,4D,5D. The van der Waals surface area contributed by atoms with Crippen molar-refractivity contribution in [2.75, 3.05) is 4.90 Å². The number of fused-ring (bicyclic) bond motifs is 4. The normalized spacial score (nSPS) is 15.3. The van der Waals surface area contributed by atoms with Crippen molar-refractivity contribution in [1.82, 2.24) is 4.57 Å². The smallest absolute Gasteiger partial charge is 0.0623 e. The number of aromatic nitrogens is 1. The monoisotopic (exact) mass is 621 g/mol. The summed E-state index contributed by atoms with van der Waals surface area (Å²) in [5.41, 5.74) is 8.65. The first-order valence-corrected chi connectivity index (χ1v) is 17.1. The van der Waals surface area contributed by atoms with Crippen LogP contribution < -0.4 is 4.90 Å². The molecule has 1 aliphatic rings. The summed E-state index contributed by atoms with van der Waals surface area (Å²) in [5, 5.41) is 4.81. The van der Waals surface area contributed by atoms with Crippen LogP contribution >= 0.6 is 0 Å². The van der Waals surface area contributed by atoms with Gasteiger partial charge in [0.25, 0.3) is 0 Å². The highest BCUT2D eigenvalue weighted by Gasteiger charge is 2.35. The molecule has 0 saturated heterocycles. The molecule has 1 aliphatic carbocycles. The Hall–Kier alpha value is -5.60. The van der Waals surface area contributed by atoms with Crippen LogP contribution in [0, 0.1) is 0 Å². The molecule has 1 fully saturated rings. The molecule has 1 heterocycles. The van der Waals surface area contributed by atoms with Crippen molar-refractivity contribution in [1.29, 1.82) is 0 Å². The van der Waals surface area contributed by atoms with Crippen molar-refractivity contribution >= 4 is 49.6 Å². The van der Waals surface area contributed by atoms with E-state index in [1.807, 2.05) is 12.1 Å². The second-order valence-electron chi connectivity index (χ2n) is 13.1. The van der Waals surface area contributed by atoms with Gasteiger partial charge in [-0.3, -0.25) is 0 Å². The second-order valence-corrected chi connectivity index (χ2v) is 13.1. The fraction of sp³-hybridized carbons (Fsp3) is 0.130. The van der Waals surface area contributed by atoms with Crippen LogP contribution in [0.5, 0.6) is 0 Å². The largest absolute Gasteiger partial charge is 0.310 e. The van der Waals surface area contributed by atoms with Crippen LogP contribution in [0.2, 0.25) is 0 Å². The van der Waals surface area contributed by atoms with E-state index in [1.165, 1.54) is 44.6 Å². The highest BCUT2D eigenvalue weighted by atomic mass is 15.1. The molecule has 8 aromatic rings. The molecule has 0 N–H and O–H groups in total. The van der Waals surface area contributed by atoms with Gasteiger partial charge in [-0.05, 0) is 95.4 Å². The molecule has 2 nitrogen and oxygen atoms in total. The summed E-state index contributed by atoms with van der Waals surface area (Å²) in [6.07, 6.45) is 5.34. The van der Waals surface area contributed by atoms with Gasteiger partial charge in [0.05, 0.1) is 15.1 Å². The van der Waals surface area contributed by atoms with Crippen LogP contribution in [0.15, 0.2) is 170 Å². The molecule has 0 atom stereocenters. The second kappa shape index (κ2) is 11.9. The van der Waals surface area contributed by atoms with E-state index in [0.717, 1.165) is 54.0 Å². The van der Waals surface area contributed by atoms with Gasteiger partial charge in [-0.1, -0.05) is 128 Å². The summed E-state index contributed by atoms with van der Waals surface area (Å²) in [6.45, 7) is 0. The molecule has 48 heavy (non-hydrogen) atoms. The van der Waals surface area contributed by atoms with E-state index in [9.17, 15) is 0 Å². The highest BCUT2D eigenvalue weighted by molar-refractivity contribution is 6.10. The van der Waals surface area contributed by atoms with E-state index in [4.69, 9.17) is 4.11 Å². The molecule has 9 rings (SSSR count). The van der Waals surface area contributed by atoms with Crippen molar-refractivity contribution in [2.45, 2.75) is 37.5 Å². The number of hydrogen-bond acceptors (Lipinski definition) is 1. The quantitative estimate of drug-likeness (QED) is 0.179. The third-order valence-electron chi connectivity index (χ3n) is 10.5. The average molecular weight is 622 g/mol. The van der Waals surface area contributed by atoms with Gasteiger partial charge in [0.15, 0.2) is 0 Å². The van der Waals surface area contributed by atoms with Gasteiger partial charge < -0.3 is 9.47 Å². The van der Waals surface area contributed by atoms with E-state index < -0.39 is 0 Å². The lowest BCUT2D eigenvalue weighted by atomic mass is 9.65. The third kappa shape index (κ3) is 4.79.